The molecule has 0 aromatic carbocycles. The highest BCUT2D eigenvalue weighted by molar-refractivity contribution is 5.88. The summed E-state index contributed by atoms with van der Waals surface area (Å²) in [6.45, 7) is 12.6. The van der Waals surface area contributed by atoms with Gasteiger partial charge in [0, 0.05) is 0 Å². The lowest BCUT2D eigenvalue weighted by atomic mass is 10.2. The van der Waals surface area contributed by atoms with Crippen LogP contribution in [0.4, 0.5) is 9.59 Å². The number of ether oxygens (including phenoxy) is 2. The third-order valence-electron chi connectivity index (χ3n) is 1.92. The predicted octanol–water partition coefficient (Wildman–Crippen LogP) is 4.12. The minimum atomic E-state index is -0.701. The lowest BCUT2D eigenvalue weighted by Crippen LogP contribution is -2.43. The molecule has 0 atom stereocenters. The molecule has 0 aliphatic heterocycles. The van der Waals surface area contributed by atoms with Crippen LogP contribution in [-0.2, 0) is 9.47 Å². The van der Waals surface area contributed by atoms with Gasteiger partial charge in [-0.25, -0.2) is 14.5 Å². The van der Waals surface area contributed by atoms with Crippen molar-refractivity contribution in [2.24, 2.45) is 0 Å². The number of imide groups is 1. The van der Waals surface area contributed by atoms with Crippen molar-refractivity contribution in [3.63, 3.8) is 0 Å². The van der Waals surface area contributed by atoms with Gasteiger partial charge in [0.1, 0.15) is 11.2 Å². The zero-order valence-electron chi connectivity index (χ0n) is 13.6. The molecule has 0 saturated carbocycles. The molecule has 0 spiro atoms. The molecule has 0 aromatic heterocycles. The van der Waals surface area contributed by atoms with Gasteiger partial charge in [-0.1, -0.05) is 19.1 Å². The van der Waals surface area contributed by atoms with Gasteiger partial charge >= 0.3 is 12.2 Å². The lowest BCUT2D eigenvalue weighted by Gasteiger charge is -2.28. The molecule has 0 saturated heterocycles. The van der Waals surface area contributed by atoms with E-state index >= 15 is 0 Å². The number of carbonyl (C=O) groups is 2. The fourth-order valence-corrected chi connectivity index (χ4v) is 1.20. The fourth-order valence-electron chi connectivity index (χ4n) is 1.20. The Morgan fingerprint density at radius 1 is 0.900 bits per heavy atom. The summed E-state index contributed by atoms with van der Waals surface area (Å²) in [6.07, 6.45) is 3.05. The largest absolute Gasteiger partial charge is 0.443 e. The van der Waals surface area contributed by atoms with E-state index in [-0.39, 0.29) is 6.54 Å². The maximum atomic E-state index is 12.0. The number of rotatable bonds is 3. The molecule has 0 rings (SSSR count). The van der Waals surface area contributed by atoms with E-state index in [1.165, 1.54) is 0 Å². The van der Waals surface area contributed by atoms with Crippen molar-refractivity contribution >= 4 is 12.2 Å². The second-order valence-corrected chi connectivity index (χ2v) is 6.45. The van der Waals surface area contributed by atoms with E-state index in [0.717, 1.165) is 11.3 Å². The minimum absolute atomic E-state index is 0.137. The summed E-state index contributed by atoms with van der Waals surface area (Å²) in [5, 5.41) is 0. The summed E-state index contributed by atoms with van der Waals surface area (Å²) in [4.78, 5) is 25.1. The summed E-state index contributed by atoms with van der Waals surface area (Å²) in [5.74, 6) is 0. The van der Waals surface area contributed by atoms with E-state index in [2.05, 4.69) is 0 Å². The van der Waals surface area contributed by atoms with E-state index in [0.29, 0.717) is 0 Å². The monoisotopic (exact) mass is 285 g/mol. The molecule has 2 amide bonds. The van der Waals surface area contributed by atoms with Crippen LogP contribution in [0, 0.1) is 0 Å². The Kier molecular flexibility index (Phi) is 6.76. The molecule has 0 aliphatic rings. The van der Waals surface area contributed by atoms with Crippen LogP contribution in [0.3, 0.4) is 0 Å². The Morgan fingerprint density at radius 2 is 1.30 bits per heavy atom. The van der Waals surface area contributed by atoms with Crippen molar-refractivity contribution in [1.29, 1.82) is 0 Å². The number of allylic oxidation sites excluding steroid dienone is 1. The summed E-state index contributed by atoms with van der Waals surface area (Å²) in [7, 11) is 0. The van der Waals surface area contributed by atoms with Gasteiger partial charge in [0.15, 0.2) is 0 Å². The first kappa shape index (κ1) is 18.5. The van der Waals surface area contributed by atoms with Gasteiger partial charge in [0.25, 0.3) is 0 Å². The summed E-state index contributed by atoms with van der Waals surface area (Å²) < 4.78 is 10.4. The van der Waals surface area contributed by atoms with E-state index in [4.69, 9.17) is 9.47 Å². The number of hydrogen-bond donors (Lipinski definition) is 0. The zero-order valence-corrected chi connectivity index (χ0v) is 13.6. The molecule has 0 bridgehead atoms. The van der Waals surface area contributed by atoms with Crippen molar-refractivity contribution in [2.45, 2.75) is 66.1 Å². The van der Waals surface area contributed by atoms with E-state index in [9.17, 15) is 9.59 Å². The van der Waals surface area contributed by atoms with Gasteiger partial charge in [-0.2, -0.15) is 0 Å². The molecule has 0 aliphatic carbocycles. The molecule has 20 heavy (non-hydrogen) atoms. The third kappa shape index (κ3) is 8.56. The maximum Gasteiger partial charge on any atom is 0.420 e. The van der Waals surface area contributed by atoms with Crippen molar-refractivity contribution in [3.05, 3.63) is 12.2 Å². The molecule has 0 N–H and O–H groups in total. The normalized spacial score (nSPS) is 12.3. The fraction of sp³-hybridized carbons (Fsp3) is 0.733. The number of hydrogen-bond acceptors (Lipinski definition) is 4. The molecule has 0 radical (unpaired) electrons. The highest BCUT2D eigenvalue weighted by Gasteiger charge is 2.30. The Hall–Kier alpha value is -1.52. The van der Waals surface area contributed by atoms with Crippen LogP contribution < -0.4 is 0 Å². The Morgan fingerprint density at radius 3 is 1.60 bits per heavy atom. The van der Waals surface area contributed by atoms with Gasteiger partial charge in [-0.05, 0) is 48.0 Å². The van der Waals surface area contributed by atoms with Crippen LogP contribution in [0.5, 0.6) is 0 Å². The van der Waals surface area contributed by atoms with Crippen molar-refractivity contribution in [2.75, 3.05) is 6.54 Å². The number of amides is 2. The maximum absolute atomic E-state index is 12.0. The van der Waals surface area contributed by atoms with Crippen LogP contribution in [0.2, 0.25) is 0 Å². The standard InChI is InChI=1S/C15H27NO4/c1-8-9-10-11-16(12(17)19-14(2,3)4)13(18)20-15(5,6)7/h9-10H,8,11H2,1-7H3. The highest BCUT2D eigenvalue weighted by atomic mass is 16.6. The Balaban J connectivity index is 4.93. The van der Waals surface area contributed by atoms with Crippen LogP contribution in [0.1, 0.15) is 54.9 Å². The molecular weight excluding hydrogens is 258 g/mol. The predicted molar refractivity (Wildman–Crippen MR) is 78.6 cm³/mol. The van der Waals surface area contributed by atoms with Crippen molar-refractivity contribution in [3.8, 4) is 0 Å². The van der Waals surface area contributed by atoms with Gasteiger partial charge in [-0.15, -0.1) is 0 Å². The summed E-state index contributed by atoms with van der Waals surface area (Å²) >= 11 is 0. The third-order valence-corrected chi connectivity index (χ3v) is 1.92. The summed E-state index contributed by atoms with van der Waals surface area (Å²) in [5.41, 5.74) is -1.32. The van der Waals surface area contributed by atoms with Gasteiger partial charge in [0.2, 0.25) is 0 Å². The molecule has 0 fully saturated rings. The van der Waals surface area contributed by atoms with Crippen LogP contribution in [0.25, 0.3) is 0 Å². The molecule has 116 valence electrons. The summed E-state index contributed by atoms with van der Waals surface area (Å²) in [6, 6.07) is 0. The van der Waals surface area contributed by atoms with Crippen LogP contribution >= 0.6 is 0 Å². The second-order valence-electron chi connectivity index (χ2n) is 6.45. The van der Waals surface area contributed by atoms with E-state index in [1.807, 2.05) is 13.0 Å². The Bertz CT molecular complexity index is 333. The topological polar surface area (TPSA) is 55.8 Å². The zero-order chi connectivity index (χ0) is 16.0. The lowest BCUT2D eigenvalue weighted by molar-refractivity contribution is 0.00373. The minimum Gasteiger partial charge on any atom is -0.443 e. The van der Waals surface area contributed by atoms with Crippen molar-refractivity contribution < 1.29 is 19.1 Å². The smallest absolute Gasteiger partial charge is 0.420 e. The van der Waals surface area contributed by atoms with E-state index < -0.39 is 23.4 Å². The molecule has 0 unspecified atom stereocenters. The van der Waals surface area contributed by atoms with Gasteiger partial charge in [-0.3, -0.25) is 0 Å². The average molecular weight is 285 g/mol. The van der Waals surface area contributed by atoms with Gasteiger partial charge < -0.3 is 9.47 Å². The van der Waals surface area contributed by atoms with Crippen LogP contribution in [-0.4, -0.2) is 34.8 Å². The molecule has 5 nitrogen and oxygen atoms in total. The molecule has 0 heterocycles. The first-order valence-corrected chi connectivity index (χ1v) is 6.85. The van der Waals surface area contributed by atoms with Crippen molar-refractivity contribution in [1.82, 2.24) is 4.90 Å². The first-order valence-electron chi connectivity index (χ1n) is 6.85. The van der Waals surface area contributed by atoms with E-state index in [1.54, 1.807) is 47.6 Å². The molecule has 5 heteroatoms. The van der Waals surface area contributed by atoms with Gasteiger partial charge in [0.05, 0.1) is 6.54 Å². The quantitative estimate of drug-likeness (QED) is 0.732. The van der Waals surface area contributed by atoms with Crippen LogP contribution in [0.15, 0.2) is 12.2 Å². The number of nitrogens with zero attached hydrogens (tertiary/aromatic N) is 1. The second kappa shape index (κ2) is 7.31. The first-order chi connectivity index (χ1) is 8.96. The Labute approximate surface area is 121 Å². The SMILES string of the molecule is CCC=CCN(C(=O)OC(C)(C)C)C(=O)OC(C)(C)C. The molecule has 0 aromatic rings. The average Bonchev–Trinajstić information content (AvgIpc) is 2.18. The molecular formula is C15H27NO4. The number of carbonyl (C=O) groups excluding carboxylic acids is 2. The highest BCUT2D eigenvalue weighted by Crippen LogP contribution is 2.14.